The standard InChI is InChI=1S/C14H20N4O/c1-10-4-5-11(13(8-10)19-3)12(17-15)9-14-16-6-7-18(14)2/h4-8,12,17H,9,15H2,1-3H3. The highest BCUT2D eigenvalue weighted by atomic mass is 16.5. The molecule has 0 bridgehead atoms. The first-order chi connectivity index (χ1) is 9.15. The molecular weight excluding hydrogens is 240 g/mol. The summed E-state index contributed by atoms with van der Waals surface area (Å²) in [6.07, 6.45) is 4.42. The zero-order valence-corrected chi connectivity index (χ0v) is 11.6. The van der Waals surface area contributed by atoms with Gasteiger partial charge in [0.1, 0.15) is 11.6 Å². The molecule has 1 atom stereocenters. The molecule has 1 aromatic carbocycles. The van der Waals surface area contributed by atoms with E-state index in [1.54, 1.807) is 13.3 Å². The van der Waals surface area contributed by atoms with Gasteiger partial charge in [0.05, 0.1) is 13.2 Å². The third kappa shape index (κ3) is 2.94. The minimum atomic E-state index is -0.0309. The van der Waals surface area contributed by atoms with Gasteiger partial charge in [0.2, 0.25) is 0 Å². The molecule has 0 fully saturated rings. The van der Waals surface area contributed by atoms with E-state index in [0.717, 1.165) is 22.7 Å². The van der Waals surface area contributed by atoms with Gasteiger partial charge in [0.15, 0.2) is 0 Å². The van der Waals surface area contributed by atoms with Crippen LogP contribution in [0.15, 0.2) is 30.6 Å². The fraction of sp³-hybridized carbons (Fsp3) is 0.357. The number of imidazole rings is 1. The van der Waals surface area contributed by atoms with Gasteiger partial charge < -0.3 is 9.30 Å². The number of rotatable bonds is 5. The van der Waals surface area contributed by atoms with E-state index in [1.165, 1.54) is 0 Å². The average Bonchev–Trinajstić information content (AvgIpc) is 2.81. The van der Waals surface area contributed by atoms with E-state index in [4.69, 9.17) is 10.6 Å². The van der Waals surface area contributed by atoms with E-state index in [9.17, 15) is 0 Å². The molecule has 0 amide bonds. The Kier molecular flexibility index (Phi) is 4.19. The minimum absolute atomic E-state index is 0.0309. The summed E-state index contributed by atoms with van der Waals surface area (Å²) in [4.78, 5) is 4.33. The molecule has 2 aromatic rings. The number of benzene rings is 1. The number of nitrogens with one attached hydrogen (secondary N) is 1. The molecule has 0 saturated carbocycles. The Labute approximate surface area is 113 Å². The minimum Gasteiger partial charge on any atom is -0.496 e. The van der Waals surface area contributed by atoms with Crippen LogP contribution in [0.25, 0.3) is 0 Å². The molecule has 102 valence electrons. The number of nitrogens with two attached hydrogens (primary N) is 1. The number of hydrazine groups is 1. The van der Waals surface area contributed by atoms with Gasteiger partial charge in [-0.05, 0) is 18.6 Å². The Balaban J connectivity index is 2.29. The SMILES string of the molecule is COc1cc(C)ccc1C(Cc1nccn1C)NN. The van der Waals surface area contributed by atoms with Gasteiger partial charge in [0, 0.05) is 31.4 Å². The molecule has 0 radical (unpaired) electrons. The highest BCUT2D eigenvalue weighted by molar-refractivity contribution is 5.39. The number of aryl methyl sites for hydroxylation is 2. The lowest BCUT2D eigenvalue weighted by atomic mass is 10.0. The summed E-state index contributed by atoms with van der Waals surface area (Å²) in [5.41, 5.74) is 5.05. The number of hydrogen-bond acceptors (Lipinski definition) is 4. The summed E-state index contributed by atoms with van der Waals surface area (Å²) in [6, 6.07) is 6.08. The summed E-state index contributed by atoms with van der Waals surface area (Å²) in [7, 11) is 3.65. The van der Waals surface area contributed by atoms with Gasteiger partial charge in [-0.2, -0.15) is 0 Å². The van der Waals surface area contributed by atoms with Crippen molar-refractivity contribution in [1.82, 2.24) is 15.0 Å². The second kappa shape index (κ2) is 5.86. The molecule has 0 saturated heterocycles. The van der Waals surface area contributed by atoms with Crippen LogP contribution < -0.4 is 16.0 Å². The van der Waals surface area contributed by atoms with E-state index in [2.05, 4.69) is 16.5 Å². The van der Waals surface area contributed by atoms with E-state index in [1.807, 2.05) is 36.9 Å². The highest BCUT2D eigenvalue weighted by Gasteiger charge is 2.17. The number of hydrogen-bond donors (Lipinski definition) is 2. The summed E-state index contributed by atoms with van der Waals surface area (Å²) in [6.45, 7) is 2.04. The molecule has 1 unspecified atom stereocenters. The van der Waals surface area contributed by atoms with Crippen LogP contribution in [-0.2, 0) is 13.5 Å². The Morgan fingerprint density at radius 2 is 2.26 bits per heavy atom. The van der Waals surface area contributed by atoms with Crippen LogP contribution in [0.4, 0.5) is 0 Å². The summed E-state index contributed by atoms with van der Waals surface area (Å²) >= 11 is 0. The van der Waals surface area contributed by atoms with Crippen LogP contribution in [0.2, 0.25) is 0 Å². The van der Waals surface area contributed by atoms with Crippen LogP contribution >= 0.6 is 0 Å². The zero-order chi connectivity index (χ0) is 13.8. The summed E-state index contributed by atoms with van der Waals surface area (Å²) in [5.74, 6) is 7.51. The molecule has 3 N–H and O–H groups in total. The van der Waals surface area contributed by atoms with E-state index in [-0.39, 0.29) is 6.04 Å². The fourth-order valence-corrected chi connectivity index (χ4v) is 2.14. The maximum absolute atomic E-state index is 5.69. The second-order valence-electron chi connectivity index (χ2n) is 4.62. The smallest absolute Gasteiger partial charge is 0.123 e. The first-order valence-corrected chi connectivity index (χ1v) is 6.22. The predicted octanol–water partition coefficient (Wildman–Crippen LogP) is 1.48. The summed E-state index contributed by atoms with van der Waals surface area (Å²) in [5, 5.41) is 0. The Morgan fingerprint density at radius 3 is 2.84 bits per heavy atom. The Morgan fingerprint density at radius 1 is 1.47 bits per heavy atom. The quantitative estimate of drug-likeness (QED) is 0.631. The van der Waals surface area contributed by atoms with Gasteiger partial charge in [-0.15, -0.1) is 0 Å². The maximum Gasteiger partial charge on any atom is 0.123 e. The molecule has 0 spiro atoms. The first kappa shape index (κ1) is 13.6. The number of methoxy groups -OCH3 is 1. The summed E-state index contributed by atoms with van der Waals surface area (Å²) < 4.78 is 7.43. The third-order valence-electron chi connectivity index (χ3n) is 3.27. The van der Waals surface area contributed by atoms with Crippen molar-refractivity contribution in [2.45, 2.75) is 19.4 Å². The van der Waals surface area contributed by atoms with Crippen molar-refractivity contribution < 1.29 is 4.74 Å². The van der Waals surface area contributed by atoms with Crippen LogP contribution in [-0.4, -0.2) is 16.7 Å². The molecule has 1 heterocycles. The van der Waals surface area contributed by atoms with Crippen LogP contribution in [0.1, 0.15) is 23.0 Å². The number of nitrogens with zero attached hydrogens (tertiary/aromatic N) is 2. The molecule has 0 aliphatic heterocycles. The van der Waals surface area contributed by atoms with E-state index >= 15 is 0 Å². The molecule has 0 aliphatic rings. The van der Waals surface area contributed by atoms with Crippen molar-refractivity contribution >= 4 is 0 Å². The van der Waals surface area contributed by atoms with Crippen LogP contribution in [0, 0.1) is 6.92 Å². The van der Waals surface area contributed by atoms with Crippen molar-refractivity contribution in [2.24, 2.45) is 12.9 Å². The van der Waals surface area contributed by atoms with Gasteiger partial charge in [0.25, 0.3) is 0 Å². The van der Waals surface area contributed by atoms with Gasteiger partial charge >= 0.3 is 0 Å². The molecule has 1 aromatic heterocycles. The lowest BCUT2D eigenvalue weighted by molar-refractivity contribution is 0.397. The predicted molar refractivity (Wildman–Crippen MR) is 74.7 cm³/mol. The third-order valence-corrected chi connectivity index (χ3v) is 3.27. The molecule has 5 heteroatoms. The van der Waals surface area contributed by atoms with Gasteiger partial charge in [-0.1, -0.05) is 12.1 Å². The lowest BCUT2D eigenvalue weighted by Gasteiger charge is -2.19. The first-order valence-electron chi connectivity index (χ1n) is 6.22. The zero-order valence-electron chi connectivity index (χ0n) is 11.6. The molecule has 2 rings (SSSR count). The lowest BCUT2D eigenvalue weighted by Crippen LogP contribution is -2.30. The average molecular weight is 260 g/mol. The monoisotopic (exact) mass is 260 g/mol. The number of aromatic nitrogens is 2. The molecule has 5 nitrogen and oxygen atoms in total. The second-order valence-corrected chi connectivity index (χ2v) is 4.62. The Bertz CT molecular complexity index is 550. The molecule has 19 heavy (non-hydrogen) atoms. The highest BCUT2D eigenvalue weighted by Crippen LogP contribution is 2.27. The topological polar surface area (TPSA) is 65.1 Å². The van der Waals surface area contributed by atoms with Crippen molar-refractivity contribution in [3.05, 3.63) is 47.5 Å². The van der Waals surface area contributed by atoms with Crippen molar-refractivity contribution in [2.75, 3.05) is 7.11 Å². The number of ether oxygens (including phenoxy) is 1. The fourth-order valence-electron chi connectivity index (χ4n) is 2.14. The Hall–Kier alpha value is -1.85. The van der Waals surface area contributed by atoms with Crippen LogP contribution in [0.3, 0.4) is 0 Å². The van der Waals surface area contributed by atoms with Gasteiger partial charge in [-0.25, -0.2) is 4.98 Å². The van der Waals surface area contributed by atoms with Gasteiger partial charge in [-0.3, -0.25) is 11.3 Å². The molecule has 0 aliphatic carbocycles. The van der Waals surface area contributed by atoms with Crippen LogP contribution in [0.5, 0.6) is 5.75 Å². The largest absolute Gasteiger partial charge is 0.496 e. The van der Waals surface area contributed by atoms with Crippen molar-refractivity contribution in [1.29, 1.82) is 0 Å². The molecular formula is C14H20N4O. The maximum atomic E-state index is 5.69. The van der Waals surface area contributed by atoms with Crippen molar-refractivity contribution in [3.8, 4) is 5.75 Å². The van der Waals surface area contributed by atoms with E-state index < -0.39 is 0 Å². The van der Waals surface area contributed by atoms with E-state index in [0.29, 0.717) is 6.42 Å². The van der Waals surface area contributed by atoms with Crippen molar-refractivity contribution in [3.63, 3.8) is 0 Å². The normalized spacial score (nSPS) is 12.4.